The van der Waals surface area contributed by atoms with Gasteiger partial charge in [0.2, 0.25) is 0 Å². The standard InChI is InChI=1S/C45H27N3OS/c1-3-11-28(12-4-1)29-21-23-31(24-22-29)44-46-43(30-13-5-2-6-14-30)47-45(48-44)36-18-10-19-39-41(36)37-27-32(25-26-38(37)49-39)33-16-9-17-35-34-15-7-8-20-40(34)50-42(33)35/h1-27H. The van der Waals surface area contributed by atoms with Crippen LogP contribution in [0.1, 0.15) is 0 Å². The molecule has 0 N–H and O–H groups in total. The van der Waals surface area contributed by atoms with Gasteiger partial charge in [-0.05, 0) is 46.5 Å². The third kappa shape index (κ3) is 4.79. The molecule has 10 aromatic rings. The minimum atomic E-state index is 0.603. The van der Waals surface area contributed by atoms with Gasteiger partial charge in [-0.3, -0.25) is 0 Å². The summed E-state index contributed by atoms with van der Waals surface area (Å²) in [5, 5.41) is 4.59. The molecule has 0 radical (unpaired) electrons. The van der Waals surface area contributed by atoms with Crippen LogP contribution in [0.3, 0.4) is 0 Å². The van der Waals surface area contributed by atoms with E-state index in [0.29, 0.717) is 17.5 Å². The monoisotopic (exact) mass is 657 g/mol. The van der Waals surface area contributed by atoms with Crippen LogP contribution >= 0.6 is 11.3 Å². The molecular weight excluding hydrogens is 631 g/mol. The minimum Gasteiger partial charge on any atom is -0.456 e. The van der Waals surface area contributed by atoms with E-state index in [1.807, 2.05) is 59.9 Å². The van der Waals surface area contributed by atoms with Crippen molar-refractivity contribution in [2.45, 2.75) is 0 Å². The summed E-state index contributed by atoms with van der Waals surface area (Å²) < 4.78 is 9.04. The molecule has 234 valence electrons. The number of benzene rings is 7. The first-order chi connectivity index (χ1) is 24.8. The maximum atomic E-state index is 6.46. The topological polar surface area (TPSA) is 51.8 Å². The fourth-order valence-corrected chi connectivity index (χ4v) is 8.18. The molecule has 0 amide bonds. The van der Waals surface area contributed by atoms with E-state index < -0.39 is 0 Å². The summed E-state index contributed by atoms with van der Waals surface area (Å²) >= 11 is 1.84. The highest BCUT2D eigenvalue weighted by atomic mass is 32.1. The first kappa shape index (κ1) is 28.6. The Labute approximate surface area is 292 Å². The van der Waals surface area contributed by atoms with Gasteiger partial charge in [0, 0.05) is 47.6 Å². The van der Waals surface area contributed by atoms with Crippen molar-refractivity contribution in [3.8, 4) is 56.4 Å². The number of hydrogen-bond acceptors (Lipinski definition) is 5. The van der Waals surface area contributed by atoms with E-state index in [0.717, 1.165) is 49.8 Å². The Morgan fingerprint density at radius 1 is 0.380 bits per heavy atom. The molecule has 0 spiro atoms. The van der Waals surface area contributed by atoms with Crippen LogP contribution in [0.4, 0.5) is 0 Å². The van der Waals surface area contributed by atoms with Crippen LogP contribution in [0, 0.1) is 0 Å². The highest BCUT2D eigenvalue weighted by Crippen LogP contribution is 2.42. The first-order valence-corrected chi connectivity index (χ1v) is 17.4. The minimum absolute atomic E-state index is 0.603. The molecule has 7 aromatic carbocycles. The van der Waals surface area contributed by atoms with Crippen LogP contribution in [-0.2, 0) is 0 Å². The quantitative estimate of drug-likeness (QED) is 0.185. The zero-order valence-electron chi connectivity index (χ0n) is 26.7. The van der Waals surface area contributed by atoms with Crippen molar-refractivity contribution < 1.29 is 4.42 Å². The molecule has 0 bridgehead atoms. The number of nitrogens with zero attached hydrogens (tertiary/aromatic N) is 3. The maximum Gasteiger partial charge on any atom is 0.164 e. The van der Waals surface area contributed by atoms with E-state index in [1.165, 1.54) is 31.3 Å². The number of fused-ring (bicyclic) bond motifs is 6. The molecule has 0 saturated carbocycles. The smallest absolute Gasteiger partial charge is 0.164 e. The van der Waals surface area contributed by atoms with E-state index in [4.69, 9.17) is 19.4 Å². The van der Waals surface area contributed by atoms with Crippen molar-refractivity contribution in [3.05, 3.63) is 164 Å². The molecule has 0 saturated heterocycles. The van der Waals surface area contributed by atoms with Gasteiger partial charge in [0.15, 0.2) is 17.5 Å². The van der Waals surface area contributed by atoms with Crippen LogP contribution < -0.4 is 0 Å². The summed E-state index contributed by atoms with van der Waals surface area (Å²) in [6.45, 7) is 0. The zero-order valence-corrected chi connectivity index (χ0v) is 27.6. The molecule has 3 heterocycles. The SMILES string of the molecule is c1ccc(-c2ccc(-c3nc(-c4ccccc4)nc(-c4cccc5oc6ccc(-c7cccc8c7sc7ccccc78)cc6c45)n3)cc2)cc1. The summed E-state index contributed by atoms with van der Waals surface area (Å²) in [6.07, 6.45) is 0. The lowest BCUT2D eigenvalue weighted by molar-refractivity contribution is 0.669. The van der Waals surface area contributed by atoms with Crippen molar-refractivity contribution in [1.82, 2.24) is 15.0 Å². The number of furan rings is 1. The molecule has 0 fully saturated rings. The Hall–Kier alpha value is -6.43. The van der Waals surface area contributed by atoms with E-state index in [9.17, 15) is 0 Å². The van der Waals surface area contributed by atoms with Crippen LogP contribution in [0.25, 0.3) is 98.5 Å². The van der Waals surface area contributed by atoms with Gasteiger partial charge in [0.1, 0.15) is 11.2 Å². The molecule has 4 nitrogen and oxygen atoms in total. The third-order valence-electron chi connectivity index (χ3n) is 9.37. The Bertz CT molecular complexity index is 2860. The van der Waals surface area contributed by atoms with Crippen molar-refractivity contribution in [3.63, 3.8) is 0 Å². The summed E-state index contributed by atoms with van der Waals surface area (Å²) in [5.41, 5.74) is 9.05. The molecule has 0 unspecified atom stereocenters. The second kappa shape index (κ2) is 11.6. The number of rotatable bonds is 5. The van der Waals surface area contributed by atoms with Gasteiger partial charge in [-0.25, -0.2) is 15.0 Å². The van der Waals surface area contributed by atoms with Gasteiger partial charge >= 0.3 is 0 Å². The maximum absolute atomic E-state index is 6.46. The van der Waals surface area contributed by atoms with E-state index in [-0.39, 0.29) is 0 Å². The summed E-state index contributed by atoms with van der Waals surface area (Å²) in [4.78, 5) is 15.2. The average molecular weight is 658 g/mol. The number of hydrogen-bond donors (Lipinski definition) is 0. The van der Waals surface area contributed by atoms with Crippen LogP contribution in [0.5, 0.6) is 0 Å². The van der Waals surface area contributed by atoms with Crippen molar-refractivity contribution >= 4 is 53.4 Å². The summed E-state index contributed by atoms with van der Waals surface area (Å²) in [7, 11) is 0. The number of aromatic nitrogens is 3. The Morgan fingerprint density at radius 3 is 1.76 bits per heavy atom. The van der Waals surface area contributed by atoms with Crippen molar-refractivity contribution in [2.75, 3.05) is 0 Å². The highest BCUT2D eigenvalue weighted by Gasteiger charge is 2.19. The third-order valence-corrected chi connectivity index (χ3v) is 10.6. The summed E-state index contributed by atoms with van der Waals surface area (Å²) in [5.74, 6) is 1.85. The molecule has 0 aliphatic carbocycles. The lowest BCUT2D eigenvalue weighted by Crippen LogP contribution is -2.00. The lowest BCUT2D eigenvalue weighted by atomic mass is 9.99. The van der Waals surface area contributed by atoms with Gasteiger partial charge in [-0.2, -0.15) is 0 Å². The Kier molecular flexibility index (Phi) is 6.64. The van der Waals surface area contributed by atoms with Gasteiger partial charge in [-0.1, -0.05) is 140 Å². The zero-order chi connectivity index (χ0) is 33.0. The van der Waals surface area contributed by atoms with Gasteiger partial charge in [0.05, 0.1) is 0 Å². The van der Waals surface area contributed by atoms with Gasteiger partial charge in [0.25, 0.3) is 0 Å². The predicted octanol–water partition coefficient (Wildman–Crippen LogP) is 12.5. The summed E-state index contributed by atoms with van der Waals surface area (Å²) in [6, 6.07) is 56.8. The molecule has 50 heavy (non-hydrogen) atoms. The fraction of sp³-hybridized carbons (Fsp3) is 0. The molecule has 0 atom stereocenters. The lowest BCUT2D eigenvalue weighted by Gasteiger charge is -2.10. The highest BCUT2D eigenvalue weighted by molar-refractivity contribution is 7.26. The Morgan fingerprint density at radius 2 is 0.960 bits per heavy atom. The second-order valence-corrected chi connectivity index (χ2v) is 13.4. The van der Waals surface area contributed by atoms with Crippen LogP contribution in [0.2, 0.25) is 0 Å². The fourth-order valence-electron chi connectivity index (χ4n) is 6.94. The molecule has 5 heteroatoms. The van der Waals surface area contributed by atoms with E-state index >= 15 is 0 Å². The van der Waals surface area contributed by atoms with Gasteiger partial charge in [-0.15, -0.1) is 11.3 Å². The Balaban J connectivity index is 1.16. The second-order valence-electron chi connectivity index (χ2n) is 12.4. The van der Waals surface area contributed by atoms with Crippen molar-refractivity contribution in [2.24, 2.45) is 0 Å². The van der Waals surface area contributed by atoms with Crippen molar-refractivity contribution in [1.29, 1.82) is 0 Å². The molecule has 0 aliphatic rings. The average Bonchev–Trinajstić information content (AvgIpc) is 3.77. The van der Waals surface area contributed by atoms with E-state index in [2.05, 4.69) is 115 Å². The molecule has 10 rings (SSSR count). The largest absolute Gasteiger partial charge is 0.456 e. The van der Waals surface area contributed by atoms with E-state index in [1.54, 1.807) is 0 Å². The predicted molar refractivity (Wildman–Crippen MR) is 207 cm³/mol. The molecular formula is C45H27N3OS. The van der Waals surface area contributed by atoms with Crippen LogP contribution in [-0.4, -0.2) is 15.0 Å². The number of thiophene rings is 1. The van der Waals surface area contributed by atoms with Crippen LogP contribution in [0.15, 0.2) is 168 Å². The normalized spacial score (nSPS) is 11.6. The molecule has 3 aromatic heterocycles. The molecule has 0 aliphatic heterocycles. The first-order valence-electron chi connectivity index (χ1n) is 16.6. The van der Waals surface area contributed by atoms with Gasteiger partial charge < -0.3 is 4.42 Å².